The molecule has 18 heavy (non-hydrogen) atoms. The van der Waals surface area contributed by atoms with Crippen LogP contribution in [0.2, 0.25) is 0 Å². The van der Waals surface area contributed by atoms with Gasteiger partial charge in [-0.3, -0.25) is 0 Å². The highest BCUT2D eigenvalue weighted by atomic mass is 15.1. The van der Waals surface area contributed by atoms with Crippen molar-refractivity contribution in [1.29, 1.82) is 0 Å². The summed E-state index contributed by atoms with van der Waals surface area (Å²) in [6.45, 7) is 7.26. The van der Waals surface area contributed by atoms with Crippen molar-refractivity contribution in [1.82, 2.24) is 10.2 Å². The van der Waals surface area contributed by atoms with E-state index in [1.807, 2.05) is 0 Å². The van der Waals surface area contributed by atoms with Crippen molar-refractivity contribution in [3.05, 3.63) is 0 Å². The molecule has 1 unspecified atom stereocenters. The van der Waals surface area contributed by atoms with E-state index in [4.69, 9.17) is 0 Å². The van der Waals surface area contributed by atoms with E-state index in [2.05, 4.69) is 24.1 Å². The van der Waals surface area contributed by atoms with Crippen LogP contribution < -0.4 is 5.32 Å². The summed E-state index contributed by atoms with van der Waals surface area (Å²) in [5.74, 6) is 0. The van der Waals surface area contributed by atoms with E-state index < -0.39 is 0 Å². The number of nitrogens with one attached hydrogen (secondary N) is 1. The summed E-state index contributed by atoms with van der Waals surface area (Å²) in [5, 5.41) is 3.97. The summed E-state index contributed by atoms with van der Waals surface area (Å²) in [6, 6.07) is 2.33. The molecule has 0 amide bonds. The first-order valence-corrected chi connectivity index (χ1v) is 8.26. The Balaban J connectivity index is 1.75. The monoisotopic (exact) mass is 252 g/mol. The van der Waals surface area contributed by atoms with Crippen molar-refractivity contribution in [3.8, 4) is 0 Å². The fraction of sp³-hybridized carbons (Fsp3) is 1.00. The molecule has 0 aromatic heterocycles. The van der Waals surface area contributed by atoms with Gasteiger partial charge in [0.1, 0.15) is 0 Å². The van der Waals surface area contributed by atoms with Crippen LogP contribution in [0.1, 0.15) is 71.6 Å². The molecule has 0 bridgehead atoms. The highest BCUT2D eigenvalue weighted by molar-refractivity contribution is 4.80. The largest absolute Gasteiger partial charge is 0.311 e. The number of nitrogens with zero attached hydrogens (tertiary/aromatic N) is 1. The molecule has 1 atom stereocenters. The van der Waals surface area contributed by atoms with E-state index in [9.17, 15) is 0 Å². The summed E-state index contributed by atoms with van der Waals surface area (Å²) in [6.07, 6.45) is 12.8. The molecular formula is C16H32N2. The first-order valence-electron chi connectivity index (χ1n) is 8.26. The van der Waals surface area contributed by atoms with Gasteiger partial charge in [0, 0.05) is 18.1 Å². The molecule has 0 spiro atoms. The predicted molar refractivity (Wildman–Crippen MR) is 79.0 cm³/mol. The van der Waals surface area contributed by atoms with Gasteiger partial charge in [-0.15, -0.1) is 0 Å². The van der Waals surface area contributed by atoms with Crippen LogP contribution in [0.4, 0.5) is 0 Å². The third kappa shape index (κ3) is 4.55. The van der Waals surface area contributed by atoms with E-state index >= 15 is 0 Å². The summed E-state index contributed by atoms with van der Waals surface area (Å²) in [4.78, 5) is 2.65. The molecule has 2 fully saturated rings. The van der Waals surface area contributed by atoms with Gasteiger partial charge in [-0.1, -0.05) is 25.7 Å². The molecule has 1 aliphatic heterocycles. The van der Waals surface area contributed by atoms with Crippen molar-refractivity contribution < 1.29 is 0 Å². The van der Waals surface area contributed by atoms with Crippen molar-refractivity contribution in [2.24, 2.45) is 0 Å². The molecule has 2 aliphatic rings. The number of rotatable bonds is 3. The van der Waals surface area contributed by atoms with Gasteiger partial charge in [0.05, 0.1) is 0 Å². The zero-order valence-corrected chi connectivity index (χ0v) is 12.5. The lowest BCUT2D eigenvalue weighted by Crippen LogP contribution is -2.39. The van der Waals surface area contributed by atoms with E-state index in [1.54, 1.807) is 0 Å². The van der Waals surface area contributed by atoms with Crippen LogP contribution in [-0.2, 0) is 0 Å². The second-order valence-corrected chi connectivity index (χ2v) is 6.61. The normalized spacial score (nSPS) is 29.2. The quantitative estimate of drug-likeness (QED) is 0.773. The zero-order valence-electron chi connectivity index (χ0n) is 12.5. The average molecular weight is 252 g/mol. The lowest BCUT2D eigenvalue weighted by Gasteiger charge is -2.26. The van der Waals surface area contributed by atoms with E-state index in [1.165, 1.54) is 70.9 Å². The SMILES string of the molecule is CC(C)N1CCCC(NC2CCCCCC2)CC1. The number of hydrogen-bond acceptors (Lipinski definition) is 2. The Bertz CT molecular complexity index is 219. The van der Waals surface area contributed by atoms with Gasteiger partial charge in [0.25, 0.3) is 0 Å². The molecule has 0 aromatic rings. The van der Waals surface area contributed by atoms with E-state index in [-0.39, 0.29) is 0 Å². The van der Waals surface area contributed by atoms with Gasteiger partial charge in [-0.25, -0.2) is 0 Å². The minimum absolute atomic E-state index is 0.724. The summed E-state index contributed by atoms with van der Waals surface area (Å²) >= 11 is 0. The highest BCUT2D eigenvalue weighted by Gasteiger charge is 2.21. The Hall–Kier alpha value is -0.0800. The van der Waals surface area contributed by atoms with Gasteiger partial charge < -0.3 is 10.2 Å². The van der Waals surface area contributed by atoms with Gasteiger partial charge >= 0.3 is 0 Å². The minimum Gasteiger partial charge on any atom is -0.311 e. The van der Waals surface area contributed by atoms with Gasteiger partial charge in [0.2, 0.25) is 0 Å². The van der Waals surface area contributed by atoms with Crippen LogP contribution in [0.5, 0.6) is 0 Å². The molecule has 2 heteroatoms. The second-order valence-electron chi connectivity index (χ2n) is 6.61. The lowest BCUT2D eigenvalue weighted by molar-refractivity contribution is 0.228. The fourth-order valence-corrected chi connectivity index (χ4v) is 3.58. The van der Waals surface area contributed by atoms with Gasteiger partial charge in [-0.05, 0) is 59.0 Å². The maximum absolute atomic E-state index is 3.97. The van der Waals surface area contributed by atoms with Crippen LogP contribution in [0.15, 0.2) is 0 Å². The summed E-state index contributed by atoms with van der Waals surface area (Å²) < 4.78 is 0. The molecule has 1 N–H and O–H groups in total. The van der Waals surface area contributed by atoms with Crippen molar-refractivity contribution >= 4 is 0 Å². The number of likely N-dealkylation sites (tertiary alicyclic amines) is 1. The van der Waals surface area contributed by atoms with Crippen molar-refractivity contribution in [3.63, 3.8) is 0 Å². The molecule has 1 saturated heterocycles. The zero-order chi connectivity index (χ0) is 12.8. The lowest BCUT2D eigenvalue weighted by atomic mass is 10.0. The Morgan fingerprint density at radius 2 is 1.39 bits per heavy atom. The molecular weight excluding hydrogens is 220 g/mol. The Labute approximate surface area is 114 Å². The third-order valence-corrected chi connectivity index (χ3v) is 4.82. The molecule has 2 nitrogen and oxygen atoms in total. The van der Waals surface area contributed by atoms with Crippen LogP contribution in [-0.4, -0.2) is 36.1 Å². The van der Waals surface area contributed by atoms with Gasteiger partial charge in [-0.2, -0.15) is 0 Å². The molecule has 106 valence electrons. The topological polar surface area (TPSA) is 15.3 Å². The Morgan fingerprint density at radius 1 is 0.778 bits per heavy atom. The first kappa shape index (κ1) is 14.3. The van der Waals surface area contributed by atoms with Crippen molar-refractivity contribution in [2.45, 2.75) is 89.8 Å². The molecule has 1 saturated carbocycles. The number of hydrogen-bond donors (Lipinski definition) is 1. The van der Waals surface area contributed by atoms with Crippen molar-refractivity contribution in [2.75, 3.05) is 13.1 Å². The third-order valence-electron chi connectivity index (χ3n) is 4.82. The minimum atomic E-state index is 0.724. The molecule has 1 aliphatic carbocycles. The first-order chi connectivity index (χ1) is 8.75. The van der Waals surface area contributed by atoms with E-state index in [0.717, 1.165) is 18.1 Å². The van der Waals surface area contributed by atoms with Crippen LogP contribution in [0.3, 0.4) is 0 Å². The standard InChI is InChI=1S/C16H32N2/c1-14(2)18-12-7-10-16(11-13-18)17-15-8-5-3-4-6-9-15/h14-17H,3-13H2,1-2H3. The van der Waals surface area contributed by atoms with Gasteiger partial charge in [0.15, 0.2) is 0 Å². The molecule has 1 heterocycles. The fourth-order valence-electron chi connectivity index (χ4n) is 3.58. The summed E-state index contributed by atoms with van der Waals surface area (Å²) in [5.41, 5.74) is 0. The summed E-state index contributed by atoms with van der Waals surface area (Å²) in [7, 11) is 0. The smallest absolute Gasteiger partial charge is 0.00823 e. The highest BCUT2D eigenvalue weighted by Crippen LogP contribution is 2.20. The Morgan fingerprint density at radius 3 is 2.06 bits per heavy atom. The molecule has 2 rings (SSSR count). The molecule has 0 aromatic carbocycles. The maximum Gasteiger partial charge on any atom is 0.00823 e. The second kappa shape index (κ2) is 7.49. The van der Waals surface area contributed by atoms with Crippen LogP contribution in [0.25, 0.3) is 0 Å². The average Bonchev–Trinajstić information content (AvgIpc) is 2.72. The van der Waals surface area contributed by atoms with Crippen LogP contribution >= 0.6 is 0 Å². The van der Waals surface area contributed by atoms with E-state index in [0.29, 0.717) is 0 Å². The predicted octanol–water partition coefficient (Wildman–Crippen LogP) is 3.56. The maximum atomic E-state index is 3.97. The molecule has 0 radical (unpaired) electrons. The Kier molecular flexibility index (Phi) is 5.97. The van der Waals surface area contributed by atoms with Crippen LogP contribution in [0, 0.1) is 0 Å².